The molecule has 0 aliphatic heterocycles. The number of hydrogen-bond acceptors (Lipinski definition) is 5. The molecule has 4 rings (SSSR count). The van der Waals surface area contributed by atoms with Crippen molar-refractivity contribution in [1.29, 1.82) is 0 Å². The molecule has 0 atom stereocenters. The van der Waals surface area contributed by atoms with E-state index in [1.54, 1.807) is 13.1 Å². The van der Waals surface area contributed by atoms with Crippen LogP contribution in [-0.4, -0.2) is 35.8 Å². The van der Waals surface area contributed by atoms with E-state index in [1.165, 1.54) is 15.9 Å². The molecule has 0 spiro atoms. The van der Waals surface area contributed by atoms with Crippen molar-refractivity contribution in [2.75, 3.05) is 5.32 Å². The number of anilines is 1. The maximum atomic E-state index is 12.7. The highest BCUT2D eigenvalue weighted by atomic mass is 16.2. The summed E-state index contributed by atoms with van der Waals surface area (Å²) in [5.41, 5.74) is 1.80. The number of hydrogen-bond donors (Lipinski definition) is 2. The first-order chi connectivity index (χ1) is 12.0. The van der Waals surface area contributed by atoms with Crippen LogP contribution in [0.15, 0.2) is 29.1 Å². The molecule has 1 aromatic carbocycles. The van der Waals surface area contributed by atoms with Gasteiger partial charge in [0.25, 0.3) is 0 Å². The molecular formula is C16H14N6O3. The number of para-hydroxylation sites is 2. The average molecular weight is 338 g/mol. The standard InChI is InChI=1S/C16H14N6O3/c1-8(23)7-11(24)18-13-12-14-17-9-5-3-4-6-10(9)22(14)16(25)21(2)15(12)20-19-13/h3-6H,7H2,1-2H3,(H2,18,19,20,24). The van der Waals surface area contributed by atoms with Gasteiger partial charge in [-0.15, -0.1) is 0 Å². The molecule has 2 N–H and O–H groups in total. The first-order valence-electron chi connectivity index (χ1n) is 7.61. The van der Waals surface area contributed by atoms with Gasteiger partial charge in [-0.1, -0.05) is 12.1 Å². The Balaban J connectivity index is 2.04. The second-order valence-corrected chi connectivity index (χ2v) is 5.83. The van der Waals surface area contributed by atoms with Crippen LogP contribution in [-0.2, 0) is 16.6 Å². The predicted molar refractivity (Wildman–Crippen MR) is 91.5 cm³/mol. The minimum absolute atomic E-state index is 0.237. The molecule has 9 heteroatoms. The number of aromatic nitrogens is 5. The van der Waals surface area contributed by atoms with Gasteiger partial charge in [0.05, 0.1) is 17.5 Å². The minimum atomic E-state index is -0.457. The van der Waals surface area contributed by atoms with Gasteiger partial charge in [0.15, 0.2) is 11.3 Å². The summed E-state index contributed by atoms with van der Waals surface area (Å²) in [6, 6.07) is 7.27. The van der Waals surface area contributed by atoms with Crippen molar-refractivity contribution < 1.29 is 9.59 Å². The number of amides is 1. The fourth-order valence-corrected chi connectivity index (χ4v) is 2.92. The third-order valence-corrected chi connectivity index (χ3v) is 4.00. The van der Waals surface area contributed by atoms with Gasteiger partial charge in [-0.2, -0.15) is 5.10 Å². The average Bonchev–Trinajstić information content (AvgIpc) is 3.13. The van der Waals surface area contributed by atoms with Crippen LogP contribution in [0, 0.1) is 0 Å². The number of H-pyrrole nitrogens is 1. The number of imidazole rings is 1. The molecule has 0 unspecified atom stereocenters. The first kappa shape index (κ1) is 15.1. The molecule has 3 aromatic heterocycles. The van der Waals surface area contributed by atoms with E-state index in [4.69, 9.17) is 0 Å². The maximum Gasteiger partial charge on any atom is 0.335 e. The lowest BCUT2D eigenvalue weighted by Crippen LogP contribution is -2.24. The zero-order valence-electron chi connectivity index (χ0n) is 13.5. The molecule has 126 valence electrons. The highest BCUT2D eigenvalue weighted by molar-refractivity contribution is 6.09. The molecule has 0 fully saturated rings. The van der Waals surface area contributed by atoms with Gasteiger partial charge in [0.1, 0.15) is 17.0 Å². The topological polar surface area (TPSA) is 114 Å². The number of rotatable bonds is 3. The number of ketones is 1. The van der Waals surface area contributed by atoms with Crippen molar-refractivity contribution >= 4 is 45.2 Å². The van der Waals surface area contributed by atoms with Crippen LogP contribution >= 0.6 is 0 Å². The Hall–Kier alpha value is -3.49. The predicted octanol–water partition coefficient (Wildman–Crippen LogP) is 0.980. The Morgan fingerprint density at radius 1 is 1.24 bits per heavy atom. The third-order valence-electron chi connectivity index (χ3n) is 4.00. The van der Waals surface area contributed by atoms with E-state index >= 15 is 0 Å². The molecule has 3 heterocycles. The third kappa shape index (κ3) is 2.20. The normalized spacial score (nSPS) is 11.4. The quantitative estimate of drug-likeness (QED) is 0.541. The van der Waals surface area contributed by atoms with Crippen LogP contribution in [0.1, 0.15) is 13.3 Å². The number of carbonyl (C=O) groups is 2. The number of carbonyl (C=O) groups excluding carboxylic acids is 2. The second-order valence-electron chi connectivity index (χ2n) is 5.83. The van der Waals surface area contributed by atoms with E-state index in [1.807, 2.05) is 18.2 Å². The lowest BCUT2D eigenvalue weighted by molar-refractivity contribution is -0.124. The maximum absolute atomic E-state index is 12.7. The van der Waals surface area contributed by atoms with Crippen molar-refractivity contribution in [3.05, 3.63) is 34.7 Å². The lowest BCUT2D eigenvalue weighted by atomic mass is 10.3. The summed E-state index contributed by atoms with van der Waals surface area (Å²) in [6.45, 7) is 1.34. The summed E-state index contributed by atoms with van der Waals surface area (Å²) in [4.78, 5) is 40.3. The van der Waals surface area contributed by atoms with Gasteiger partial charge in [0.2, 0.25) is 5.91 Å². The Labute approximate surface area is 140 Å². The number of benzene rings is 1. The van der Waals surface area contributed by atoms with E-state index in [0.717, 1.165) is 0 Å². The summed E-state index contributed by atoms with van der Waals surface area (Å²) >= 11 is 0. The summed E-state index contributed by atoms with van der Waals surface area (Å²) in [5.74, 6) is -0.399. The highest BCUT2D eigenvalue weighted by Crippen LogP contribution is 2.26. The Kier molecular flexibility index (Phi) is 3.17. The first-order valence-corrected chi connectivity index (χ1v) is 7.61. The number of nitrogens with zero attached hydrogens (tertiary/aromatic N) is 4. The molecule has 25 heavy (non-hydrogen) atoms. The Morgan fingerprint density at radius 2 is 2.00 bits per heavy atom. The fraction of sp³-hybridized carbons (Fsp3) is 0.188. The molecule has 4 aromatic rings. The summed E-state index contributed by atoms with van der Waals surface area (Å²) in [6.07, 6.45) is -0.237. The zero-order chi connectivity index (χ0) is 17.7. The van der Waals surface area contributed by atoms with Crippen molar-refractivity contribution in [3.8, 4) is 0 Å². The summed E-state index contributed by atoms with van der Waals surface area (Å²) < 4.78 is 2.86. The van der Waals surface area contributed by atoms with Crippen LogP contribution < -0.4 is 11.0 Å². The Bertz CT molecular complexity index is 1230. The molecule has 0 saturated heterocycles. The van der Waals surface area contributed by atoms with E-state index in [-0.39, 0.29) is 17.9 Å². The monoisotopic (exact) mass is 338 g/mol. The van der Waals surface area contributed by atoms with Crippen LogP contribution in [0.4, 0.5) is 5.82 Å². The number of fused-ring (bicyclic) bond motifs is 5. The lowest BCUT2D eigenvalue weighted by Gasteiger charge is -2.04. The number of aromatic amines is 1. The van der Waals surface area contributed by atoms with Crippen LogP contribution in [0.2, 0.25) is 0 Å². The van der Waals surface area contributed by atoms with Crippen molar-refractivity contribution in [3.63, 3.8) is 0 Å². The molecule has 0 saturated carbocycles. The molecule has 0 bridgehead atoms. The van der Waals surface area contributed by atoms with Crippen molar-refractivity contribution in [1.82, 2.24) is 24.1 Å². The molecule has 0 aliphatic carbocycles. The van der Waals surface area contributed by atoms with Gasteiger partial charge < -0.3 is 5.32 Å². The van der Waals surface area contributed by atoms with Crippen molar-refractivity contribution in [2.45, 2.75) is 13.3 Å². The molecule has 1 amide bonds. The van der Waals surface area contributed by atoms with Gasteiger partial charge >= 0.3 is 5.69 Å². The van der Waals surface area contributed by atoms with Gasteiger partial charge in [-0.05, 0) is 19.1 Å². The number of Topliss-reactive ketones (excluding diaryl/α,β-unsaturated/α-hetero) is 1. The SMILES string of the molecule is CC(=O)CC(=O)Nc1[nH]nc2c1c1nc3ccccc3n1c(=O)n2C. The van der Waals surface area contributed by atoms with E-state index in [9.17, 15) is 14.4 Å². The minimum Gasteiger partial charge on any atom is -0.310 e. The summed E-state index contributed by atoms with van der Waals surface area (Å²) in [7, 11) is 1.60. The largest absolute Gasteiger partial charge is 0.335 e. The van der Waals surface area contributed by atoms with Gasteiger partial charge in [-0.3, -0.25) is 19.3 Å². The molecule has 0 aliphatic rings. The number of aryl methyl sites for hydroxylation is 1. The van der Waals surface area contributed by atoms with Gasteiger partial charge in [0, 0.05) is 7.05 Å². The number of nitrogens with one attached hydrogen (secondary N) is 2. The van der Waals surface area contributed by atoms with Gasteiger partial charge in [-0.25, -0.2) is 14.2 Å². The second kappa shape index (κ2) is 5.26. The van der Waals surface area contributed by atoms with Crippen LogP contribution in [0.5, 0.6) is 0 Å². The van der Waals surface area contributed by atoms with E-state index in [2.05, 4.69) is 20.5 Å². The molecule has 0 radical (unpaired) electrons. The van der Waals surface area contributed by atoms with Crippen molar-refractivity contribution in [2.24, 2.45) is 7.05 Å². The molecular weight excluding hydrogens is 324 g/mol. The van der Waals surface area contributed by atoms with Crippen LogP contribution in [0.3, 0.4) is 0 Å². The fourth-order valence-electron chi connectivity index (χ4n) is 2.92. The zero-order valence-corrected chi connectivity index (χ0v) is 13.5. The smallest absolute Gasteiger partial charge is 0.310 e. The van der Waals surface area contributed by atoms with Crippen LogP contribution in [0.25, 0.3) is 27.7 Å². The highest BCUT2D eigenvalue weighted by Gasteiger charge is 2.20. The Morgan fingerprint density at radius 3 is 2.76 bits per heavy atom. The molecule has 9 nitrogen and oxygen atoms in total. The van der Waals surface area contributed by atoms with E-state index < -0.39 is 5.91 Å². The summed E-state index contributed by atoms with van der Waals surface area (Å²) in [5, 5.41) is 9.97. The van der Waals surface area contributed by atoms with E-state index in [0.29, 0.717) is 33.5 Å².